The minimum Gasteiger partial charge on any atom is -0.481 e. The van der Waals surface area contributed by atoms with Crippen LogP contribution in [0.15, 0.2) is 72.8 Å². The summed E-state index contributed by atoms with van der Waals surface area (Å²) in [7, 11) is 0. The number of benzene rings is 3. The number of hydrogen-bond acceptors (Lipinski definition) is 3. The first-order chi connectivity index (χ1) is 13.6. The summed E-state index contributed by atoms with van der Waals surface area (Å²) in [5.74, 6) is 6.86. The van der Waals surface area contributed by atoms with Crippen molar-refractivity contribution in [2.24, 2.45) is 0 Å². The Morgan fingerprint density at radius 1 is 0.964 bits per heavy atom. The molecule has 0 atom stereocenters. The second kappa shape index (κ2) is 9.29. The molecule has 3 aromatic rings. The van der Waals surface area contributed by atoms with E-state index in [1.54, 1.807) is 30.3 Å². The Hall–Kier alpha value is -3.71. The molecule has 0 aromatic heterocycles. The second-order valence-electron chi connectivity index (χ2n) is 6.22. The lowest BCUT2D eigenvalue weighted by Crippen LogP contribution is -2.00. The van der Waals surface area contributed by atoms with Crippen LogP contribution in [-0.4, -0.2) is 17.7 Å². The molecule has 28 heavy (non-hydrogen) atoms. The van der Waals surface area contributed by atoms with Crippen molar-refractivity contribution in [3.05, 3.63) is 89.5 Å². The fraction of sp³-hybridized carbons (Fsp3) is 0.125. The highest BCUT2D eigenvalue weighted by molar-refractivity contribution is 5.70. The van der Waals surface area contributed by atoms with Crippen molar-refractivity contribution in [3.8, 4) is 29.1 Å². The van der Waals surface area contributed by atoms with E-state index in [-0.39, 0.29) is 13.0 Å². The van der Waals surface area contributed by atoms with Crippen LogP contribution < -0.4 is 9.47 Å². The normalized spacial score (nSPS) is 9.89. The molecule has 3 rings (SSSR count). The molecule has 0 heterocycles. The molecule has 140 valence electrons. The predicted octanol–water partition coefficient (Wildman–Crippen LogP) is 4.84. The van der Waals surface area contributed by atoms with Crippen LogP contribution in [0.2, 0.25) is 0 Å². The Bertz CT molecular complexity index is 1010. The zero-order valence-electron chi connectivity index (χ0n) is 15.5. The number of rotatable bonds is 6. The number of hydrogen-bond donors (Lipinski definition) is 1. The largest absolute Gasteiger partial charge is 0.481 e. The van der Waals surface area contributed by atoms with Crippen LogP contribution in [0.1, 0.15) is 16.7 Å². The van der Waals surface area contributed by atoms with E-state index in [1.807, 2.05) is 49.4 Å². The third kappa shape index (κ3) is 5.65. The van der Waals surface area contributed by atoms with E-state index in [0.717, 1.165) is 5.56 Å². The third-order valence-electron chi connectivity index (χ3n) is 3.91. The lowest BCUT2D eigenvalue weighted by Gasteiger charge is -2.11. The maximum atomic E-state index is 10.9. The fourth-order valence-corrected chi connectivity index (χ4v) is 2.56. The fourth-order valence-electron chi connectivity index (χ4n) is 2.56. The van der Waals surface area contributed by atoms with Crippen LogP contribution in [0.3, 0.4) is 0 Å². The van der Waals surface area contributed by atoms with Gasteiger partial charge in [0.25, 0.3) is 0 Å². The molecule has 0 saturated carbocycles. The van der Waals surface area contributed by atoms with Crippen LogP contribution in [0, 0.1) is 18.8 Å². The molecular weight excluding hydrogens is 352 g/mol. The summed E-state index contributed by atoms with van der Waals surface area (Å²) in [5, 5.41) is 8.93. The highest BCUT2D eigenvalue weighted by Crippen LogP contribution is 2.31. The van der Waals surface area contributed by atoms with E-state index in [0.29, 0.717) is 22.8 Å². The summed E-state index contributed by atoms with van der Waals surface area (Å²) in [6.45, 7) is 2.27. The first-order valence-corrected chi connectivity index (χ1v) is 8.86. The minimum absolute atomic E-state index is 0.0516. The van der Waals surface area contributed by atoms with Gasteiger partial charge in [0.15, 0.2) is 11.5 Å². The number of carbonyl (C=O) groups is 1. The molecule has 0 amide bonds. The Labute approximate surface area is 164 Å². The van der Waals surface area contributed by atoms with E-state index in [1.165, 1.54) is 5.56 Å². The van der Waals surface area contributed by atoms with Gasteiger partial charge in [-0.1, -0.05) is 53.8 Å². The molecule has 0 fully saturated rings. The Morgan fingerprint density at radius 3 is 2.46 bits per heavy atom. The van der Waals surface area contributed by atoms with Gasteiger partial charge in [0, 0.05) is 5.56 Å². The summed E-state index contributed by atoms with van der Waals surface area (Å²) in [6.07, 6.45) is -0.0516. The molecule has 1 N–H and O–H groups in total. The number of para-hydroxylation sites is 2. The van der Waals surface area contributed by atoms with Crippen molar-refractivity contribution < 1.29 is 19.4 Å². The predicted molar refractivity (Wildman–Crippen MR) is 108 cm³/mol. The molecule has 0 bridgehead atoms. The molecule has 0 unspecified atom stereocenters. The van der Waals surface area contributed by atoms with Crippen molar-refractivity contribution >= 4 is 5.97 Å². The molecular formula is C24H20O4. The number of aliphatic carboxylic acids is 1. The van der Waals surface area contributed by atoms with Crippen LogP contribution >= 0.6 is 0 Å². The summed E-state index contributed by atoms with van der Waals surface area (Å²) >= 11 is 0. The highest BCUT2D eigenvalue weighted by atomic mass is 16.5. The minimum atomic E-state index is -0.881. The summed E-state index contributed by atoms with van der Waals surface area (Å²) in [6, 6.07) is 22.3. The zero-order valence-corrected chi connectivity index (χ0v) is 15.5. The van der Waals surface area contributed by atoms with E-state index < -0.39 is 5.97 Å². The molecule has 0 radical (unpaired) electrons. The quantitative estimate of drug-likeness (QED) is 0.629. The third-order valence-corrected chi connectivity index (χ3v) is 3.91. The van der Waals surface area contributed by atoms with Crippen LogP contribution in [0.5, 0.6) is 17.2 Å². The van der Waals surface area contributed by atoms with E-state index >= 15 is 0 Å². The molecule has 3 aromatic carbocycles. The molecule has 0 spiro atoms. The van der Waals surface area contributed by atoms with E-state index in [9.17, 15) is 4.79 Å². The van der Waals surface area contributed by atoms with E-state index in [2.05, 4.69) is 11.8 Å². The maximum Gasteiger partial charge on any atom is 0.307 e. The number of aryl methyl sites for hydroxylation is 1. The standard InChI is InChI=1S/C24H20O4/c1-18-11-13-19(14-12-18)7-5-15-27-22-9-2-3-10-23(22)28-21-8-4-6-20(16-21)17-24(25)26/h2-4,6,8-14,16H,15,17H2,1H3,(H,25,26). The van der Waals surface area contributed by atoms with Crippen molar-refractivity contribution in [2.45, 2.75) is 13.3 Å². The molecule has 4 nitrogen and oxygen atoms in total. The van der Waals surface area contributed by atoms with Crippen molar-refractivity contribution in [3.63, 3.8) is 0 Å². The Kier molecular flexibility index (Phi) is 6.33. The van der Waals surface area contributed by atoms with Gasteiger partial charge in [-0.05, 0) is 48.9 Å². The van der Waals surface area contributed by atoms with Gasteiger partial charge in [-0.15, -0.1) is 0 Å². The van der Waals surface area contributed by atoms with Gasteiger partial charge in [-0.25, -0.2) is 0 Å². The smallest absolute Gasteiger partial charge is 0.307 e. The highest BCUT2D eigenvalue weighted by Gasteiger charge is 2.07. The van der Waals surface area contributed by atoms with Crippen LogP contribution in [0.25, 0.3) is 0 Å². The van der Waals surface area contributed by atoms with E-state index in [4.69, 9.17) is 14.6 Å². The molecule has 0 aliphatic heterocycles. The topological polar surface area (TPSA) is 55.8 Å². The lowest BCUT2D eigenvalue weighted by atomic mass is 10.1. The van der Waals surface area contributed by atoms with Crippen molar-refractivity contribution in [1.82, 2.24) is 0 Å². The molecule has 0 aliphatic carbocycles. The molecule has 0 aliphatic rings. The number of carboxylic acids is 1. The first kappa shape index (κ1) is 19.1. The van der Waals surface area contributed by atoms with Gasteiger partial charge in [0.2, 0.25) is 0 Å². The van der Waals surface area contributed by atoms with Gasteiger partial charge in [0.05, 0.1) is 6.42 Å². The van der Waals surface area contributed by atoms with Crippen molar-refractivity contribution in [2.75, 3.05) is 6.61 Å². The summed E-state index contributed by atoms with van der Waals surface area (Å²) in [5.41, 5.74) is 2.81. The Balaban J connectivity index is 1.66. The molecule has 0 saturated heterocycles. The van der Waals surface area contributed by atoms with Crippen LogP contribution in [0.4, 0.5) is 0 Å². The average molecular weight is 372 g/mol. The SMILES string of the molecule is Cc1ccc(C#CCOc2ccccc2Oc2cccc(CC(=O)O)c2)cc1. The first-order valence-electron chi connectivity index (χ1n) is 8.86. The lowest BCUT2D eigenvalue weighted by molar-refractivity contribution is -0.136. The average Bonchev–Trinajstić information content (AvgIpc) is 2.67. The van der Waals surface area contributed by atoms with Gasteiger partial charge in [0.1, 0.15) is 12.4 Å². The molecule has 4 heteroatoms. The summed E-state index contributed by atoms with van der Waals surface area (Å²) in [4.78, 5) is 10.9. The number of ether oxygens (including phenoxy) is 2. The van der Waals surface area contributed by atoms with Gasteiger partial charge < -0.3 is 14.6 Å². The van der Waals surface area contributed by atoms with Gasteiger partial charge in [-0.3, -0.25) is 4.79 Å². The van der Waals surface area contributed by atoms with Gasteiger partial charge >= 0.3 is 5.97 Å². The second-order valence-corrected chi connectivity index (χ2v) is 6.22. The summed E-state index contributed by atoms with van der Waals surface area (Å²) < 4.78 is 11.7. The Morgan fingerprint density at radius 2 is 1.71 bits per heavy atom. The van der Waals surface area contributed by atoms with Gasteiger partial charge in [-0.2, -0.15) is 0 Å². The monoisotopic (exact) mass is 372 g/mol. The van der Waals surface area contributed by atoms with Crippen molar-refractivity contribution in [1.29, 1.82) is 0 Å². The number of carboxylic acid groups (broad SMARTS) is 1. The zero-order chi connectivity index (χ0) is 19.8. The maximum absolute atomic E-state index is 10.9. The van der Waals surface area contributed by atoms with Crippen LogP contribution in [-0.2, 0) is 11.2 Å².